The molecule has 0 saturated heterocycles. The molecule has 10 nitrogen and oxygen atoms in total. The Morgan fingerprint density at radius 3 is 0.648 bits per heavy atom. The Balaban J connectivity index is 1.92. The summed E-state index contributed by atoms with van der Waals surface area (Å²) in [6.07, 6.45) is 75.7. The molecule has 0 aliphatic rings. The van der Waals surface area contributed by atoms with Crippen molar-refractivity contribution in [3.05, 3.63) is 219 Å². The highest BCUT2D eigenvalue weighted by Gasteiger charge is 2.55. The normalized spacial score (nSPS) is 13.6. The Morgan fingerprint density at radius 1 is 0.254 bits per heavy atom. The Bertz CT molecular complexity index is 3200. The molecule has 0 aliphatic heterocycles. The van der Waals surface area contributed by atoms with Gasteiger partial charge in [-0.15, -0.1) is 0 Å². The smallest absolute Gasteiger partial charge is 0.306 e. The number of esters is 4. The molecule has 0 aromatic heterocycles. The van der Waals surface area contributed by atoms with Crippen LogP contribution in [-0.2, 0) is 47.0 Å². The summed E-state index contributed by atoms with van der Waals surface area (Å²) in [4.78, 5) is 61.9. The molecular weight excluding hydrogens is 1540 g/mol. The number of carbonyl (C=O) groups is 4. The van der Waals surface area contributed by atoms with E-state index in [0.717, 1.165) is 201 Å². The lowest BCUT2D eigenvalue weighted by atomic mass is 10.0. The highest BCUT2D eigenvalue weighted by molar-refractivity contribution is 7.00. The van der Waals surface area contributed by atoms with Gasteiger partial charge in [-0.05, 0) is 185 Å². The summed E-state index contributed by atoms with van der Waals surface area (Å²) in [5, 5.41) is 2.95. The van der Waals surface area contributed by atoms with Crippen molar-refractivity contribution in [3.63, 3.8) is 0 Å². The number of carbonyl (C=O) groups excluding carboxylic acids is 4. The minimum absolute atomic E-state index is 0.0473. The molecule has 4 atom stereocenters. The number of hydrogen-bond acceptors (Lipinski definition) is 10. The molecule has 0 N–H and O–H groups in total. The van der Waals surface area contributed by atoms with Crippen LogP contribution in [0.4, 0.5) is 0 Å². The van der Waals surface area contributed by atoms with Crippen molar-refractivity contribution in [2.45, 2.75) is 412 Å². The van der Waals surface area contributed by atoms with Crippen LogP contribution in [0.3, 0.4) is 0 Å². The van der Waals surface area contributed by atoms with Crippen LogP contribution < -0.4 is 20.7 Å². The molecule has 0 spiro atoms. The van der Waals surface area contributed by atoms with Gasteiger partial charge in [0.05, 0.1) is 13.2 Å². The highest BCUT2D eigenvalue weighted by Crippen LogP contribution is 2.40. The predicted molar refractivity (Wildman–Crippen MR) is 524 cm³/mol. The zero-order chi connectivity index (χ0) is 88.0. The fourth-order valence-corrected chi connectivity index (χ4v) is 25.4. The van der Waals surface area contributed by atoms with Gasteiger partial charge in [-0.3, -0.25) is 19.2 Å². The van der Waals surface area contributed by atoms with Gasteiger partial charge in [0.15, 0.2) is 24.4 Å². The SMILES string of the molecule is CCCCC/C=C\C/C=C\CCCCCCCC(=O)O[C@@H]([C@H](OC(=O)CCCCCCC/C=C\C/C=C\CCCCC)[C@@H](CO[Si](c1ccccc1)(c1ccccc1)C(C)(C)C)OC(=O)CCCCCCC/C=C\C/C=C\CCCCC)[C@@H](CO[Si](c1ccccc1)(c1ccccc1)C(C)(C)C)OC(=O)CCCCCCC/C=C\C/C=C\CCCCC. The van der Waals surface area contributed by atoms with E-state index in [-0.39, 0.29) is 38.9 Å². The topological polar surface area (TPSA) is 124 Å². The predicted octanol–water partition coefficient (Wildman–Crippen LogP) is 29.0. The first-order valence-corrected chi connectivity index (χ1v) is 52.8. The second-order valence-electron chi connectivity index (χ2n) is 35.8. The Labute approximate surface area is 747 Å². The third kappa shape index (κ3) is 46.3. The number of rotatable bonds is 73. The van der Waals surface area contributed by atoms with Crippen molar-refractivity contribution >= 4 is 61.3 Å². The molecule has 678 valence electrons. The Hall–Kier alpha value is -6.97. The number of unbranched alkanes of at least 4 members (excludes halogenated alkanes) is 32. The van der Waals surface area contributed by atoms with E-state index in [1.807, 2.05) is 72.8 Å². The second kappa shape index (κ2) is 69.3. The number of allylic oxidation sites excluding steroid dienone is 16. The van der Waals surface area contributed by atoms with E-state index in [1.54, 1.807) is 0 Å². The molecule has 4 rings (SSSR count). The summed E-state index contributed by atoms with van der Waals surface area (Å²) in [6, 6.07) is 41.4. The minimum Gasteiger partial charge on any atom is -0.456 e. The summed E-state index contributed by atoms with van der Waals surface area (Å²) in [5.41, 5.74) is 0. The van der Waals surface area contributed by atoms with Crippen LogP contribution in [0.5, 0.6) is 0 Å². The molecule has 122 heavy (non-hydrogen) atoms. The van der Waals surface area contributed by atoms with E-state index < -0.39 is 75.0 Å². The van der Waals surface area contributed by atoms with E-state index in [2.05, 4.69) is 215 Å². The fourth-order valence-electron chi connectivity index (χ4n) is 16.2. The van der Waals surface area contributed by atoms with Crippen LogP contribution in [0.2, 0.25) is 10.1 Å². The highest BCUT2D eigenvalue weighted by atomic mass is 28.4. The molecule has 0 radical (unpaired) electrons. The molecule has 4 aromatic carbocycles. The number of hydrogen-bond donors (Lipinski definition) is 0. The summed E-state index contributed by atoms with van der Waals surface area (Å²) in [5.74, 6) is -2.07. The van der Waals surface area contributed by atoms with Gasteiger partial charge in [-0.1, -0.05) is 416 Å². The van der Waals surface area contributed by atoms with Gasteiger partial charge in [-0.25, -0.2) is 0 Å². The first-order chi connectivity index (χ1) is 59.5. The van der Waals surface area contributed by atoms with Crippen LogP contribution in [0.15, 0.2) is 219 Å². The average Bonchev–Trinajstić information content (AvgIpc) is 0.751. The average molecular weight is 1710 g/mol. The zero-order valence-electron chi connectivity index (χ0n) is 78.5. The van der Waals surface area contributed by atoms with Crippen LogP contribution in [0.25, 0.3) is 0 Å². The molecule has 0 bridgehead atoms. The van der Waals surface area contributed by atoms with E-state index in [4.69, 9.17) is 27.8 Å². The third-order valence-electron chi connectivity index (χ3n) is 23.2. The van der Waals surface area contributed by atoms with E-state index in [0.29, 0.717) is 25.7 Å². The van der Waals surface area contributed by atoms with Crippen LogP contribution >= 0.6 is 0 Å². The van der Waals surface area contributed by atoms with Gasteiger partial charge in [0.25, 0.3) is 16.6 Å². The molecule has 0 unspecified atom stereocenters. The number of benzene rings is 4. The molecule has 4 aromatic rings. The van der Waals surface area contributed by atoms with Crippen LogP contribution in [0, 0.1) is 0 Å². The second-order valence-corrected chi connectivity index (χ2v) is 44.4. The van der Waals surface area contributed by atoms with Crippen molar-refractivity contribution in [1.82, 2.24) is 0 Å². The lowest BCUT2D eigenvalue weighted by Crippen LogP contribution is -2.68. The van der Waals surface area contributed by atoms with Gasteiger partial charge in [0.2, 0.25) is 0 Å². The van der Waals surface area contributed by atoms with Gasteiger partial charge < -0.3 is 27.8 Å². The maximum atomic E-state index is 15.6. The van der Waals surface area contributed by atoms with E-state index in [9.17, 15) is 0 Å². The molecule has 12 heteroatoms. The third-order valence-corrected chi connectivity index (χ3v) is 33.3. The quantitative estimate of drug-likeness (QED) is 0.0139. The fraction of sp³-hybridized carbons (Fsp3) is 0.600. The lowest BCUT2D eigenvalue weighted by Gasteiger charge is -2.45. The molecule has 0 heterocycles. The van der Waals surface area contributed by atoms with Crippen molar-refractivity contribution in [2.24, 2.45) is 0 Å². The van der Waals surface area contributed by atoms with Crippen molar-refractivity contribution in [2.75, 3.05) is 13.2 Å². The summed E-state index contributed by atoms with van der Waals surface area (Å²) >= 11 is 0. The van der Waals surface area contributed by atoms with Gasteiger partial charge in [0, 0.05) is 25.7 Å². The standard InChI is InChI=1S/C110H170O10Si2/c1-11-15-19-23-27-31-35-39-43-47-51-55-59-63-79-91-103(111)117-101(95-115-121(109(5,6)7,97-83-71-67-72-84-97)98-85-73-68-74-86-98)107(119-105(113)93-81-65-61-57-53-49-45-41-37-33-29-25-21-17-13-3)108(120-106(114)94-82-66-62-58-54-50-46-42-38-34-30-26-22-18-14-4)102(118-104(112)92-80-64-60-56-52-48-44-40-36-32-28-24-20-16-12-2)96-116-122(110(8,9)10,99-87-75-69-76-88-99)100-89-77-70-78-90-100/h27-34,39-46,67-78,83-90,101-102,107-108H,11-26,35-38,47-66,79-82,91-96H2,1-10H3/b31-27-,32-28-,33-29-,34-30-,43-39-,44-40-,45-41-,46-42-/t101-,102-,107-,108-/m1/s1. The largest absolute Gasteiger partial charge is 0.456 e. The summed E-state index contributed by atoms with van der Waals surface area (Å²) in [7, 11) is -6.97. The Morgan fingerprint density at radius 2 is 0.443 bits per heavy atom. The first-order valence-electron chi connectivity index (χ1n) is 49.0. The maximum absolute atomic E-state index is 15.6. The summed E-state index contributed by atoms with van der Waals surface area (Å²) < 4.78 is 44.0. The zero-order valence-corrected chi connectivity index (χ0v) is 80.5. The van der Waals surface area contributed by atoms with E-state index >= 15 is 19.2 Å². The van der Waals surface area contributed by atoms with E-state index in [1.165, 1.54) is 77.0 Å². The van der Waals surface area contributed by atoms with Crippen molar-refractivity contribution < 1.29 is 47.0 Å². The Kier molecular flexibility index (Phi) is 61.0. The minimum atomic E-state index is -3.48. The molecule has 0 amide bonds. The van der Waals surface area contributed by atoms with Crippen molar-refractivity contribution in [3.8, 4) is 0 Å². The van der Waals surface area contributed by atoms with Crippen molar-refractivity contribution in [1.29, 1.82) is 0 Å². The van der Waals surface area contributed by atoms with Crippen LogP contribution in [0.1, 0.15) is 377 Å². The van der Waals surface area contributed by atoms with Crippen LogP contribution in [-0.4, -0.2) is 78.1 Å². The number of ether oxygens (including phenoxy) is 4. The van der Waals surface area contributed by atoms with Gasteiger partial charge in [0.1, 0.15) is 0 Å². The van der Waals surface area contributed by atoms with Gasteiger partial charge >= 0.3 is 23.9 Å². The van der Waals surface area contributed by atoms with Gasteiger partial charge in [-0.2, -0.15) is 0 Å². The maximum Gasteiger partial charge on any atom is 0.306 e. The molecule has 0 saturated carbocycles. The summed E-state index contributed by atoms with van der Waals surface area (Å²) in [6.45, 7) is 21.7. The monoisotopic (exact) mass is 1710 g/mol. The molecule has 0 aliphatic carbocycles. The first kappa shape index (κ1) is 107. The lowest BCUT2D eigenvalue weighted by molar-refractivity contribution is -0.205. The molecular formula is C110H170O10Si2. The molecule has 0 fully saturated rings.